The zero-order valence-corrected chi connectivity index (χ0v) is 17.6. The van der Waals surface area contributed by atoms with Crippen molar-refractivity contribution in [3.8, 4) is 11.5 Å². The summed E-state index contributed by atoms with van der Waals surface area (Å²) < 4.78 is 10.7. The third-order valence-corrected chi connectivity index (χ3v) is 5.30. The molecule has 1 aromatic rings. The number of piperazine rings is 1. The van der Waals surface area contributed by atoms with Crippen LogP contribution in [0.5, 0.6) is 11.5 Å². The van der Waals surface area contributed by atoms with Crippen molar-refractivity contribution in [2.45, 2.75) is 26.7 Å². The first-order valence-corrected chi connectivity index (χ1v) is 10.0. The zero-order valence-electron chi connectivity index (χ0n) is 17.6. The van der Waals surface area contributed by atoms with Crippen molar-refractivity contribution >= 4 is 11.8 Å². The molecule has 2 amide bonds. The summed E-state index contributed by atoms with van der Waals surface area (Å²) >= 11 is 0. The summed E-state index contributed by atoms with van der Waals surface area (Å²) in [6.45, 7) is 8.71. The van der Waals surface area contributed by atoms with Crippen LogP contribution in [0, 0.1) is 0 Å². The van der Waals surface area contributed by atoms with Crippen molar-refractivity contribution in [2.75, 3.05) is 60.0 Å². The van der Waals surface area contributed by atoms with Crippen LogP contribution < -0.4 is 9.47 Å². The van der Waals surface area contributed by atoms with E-state index < -0.39 is 0 Å². The van der Waals surface area contributed by atoms with Crippen LogP contribution >= 0.6 is 0 Å². The number of hydrogen-bond acceptors (Lipinski definition) is 5. The van der Waals surface area contributed by atoms with Gasteiger partial charge in [0, 0.05) is 45.7 Å². The Morgan fingerprint density at radius 1 is 1.04 bits per heavy atom. The van der Waals surface area contributed by atoms with Gasteiger partial charge in [-0.15, -0.1) is 0 Å². The number of benzene rings is 1. The van der Waals surface area contributed by atoms with E-state index >= 15 is 0 Å². The van der Waals surface area contributed by atoms with E-state index in [1.165, 1.54) is 0 Å². The molecule has 1 fully saturated rings. The number of amides is 2. The second-order valence-electron chi connectivity index (χ2n) is 6.90. The molecule has 0 saturated carbocycles. The van der Waals surface area contributed by atoms with Crippen LogP contribution in [0.15, 0.2) is 18.2 Å². The molecule has 1 saturated heterocycles. The van der Waals surface area contributed by atoms with Crippen molar-refractivity contribution in [1.29, 1.82) is 0 Å². The molecule has 28 heavy (non-hydrogen) atoms. The van der Waals surface area contributed by atoms with Crippen molar-refractivity contribution in [1.82, 2.24) is 14.7 Å². The van der Waals surface area contributed by atoms with Crippen molar-refractivity contribution < 1.29 is 19.1 Å². The minimum atomic E-state index is 0.139. The van der Waals surface area contributed by atoms with Crippen molar-refractivity contribution in [3.05, 3.63) is 23.8 Å². The number of carbonyl (C=O) groups excluding carboxylic acids is 2. The smallest absolute Gasteiger partial charge is 0.236 e. The van der Waals surface area contributed by atoms with Gasteiger partial charge in [-0.3, -0.25) is 14.5 Å². The summed E-state index contributed by atoms with van der Waals surface area (Å²) in [6.07, 6.45) is 1.04. The third-order valence-electron chi connectivity index (χ3n) is 5.30. The Labute approximate surface area is 168 Å². The largest absolute Gasteiger partial charge is 0.497 e. The lowest BCUT2D eigenvalue weighted by Crippen LogP contribution is -2.51. The molecule has 0 spiro atoms. The Hall–Kier alpha value is -2.28. The summed E-state index contributed by atoms with van der Waals surface area (Å²) in [5.74, 6) is 1.83. The highest BCUT2D eigenvalue weighted by Gasteiger charge is 2.23. The molecule has 0 radical (unpaired) electrons. The second kappa shape index (κ2) is 10.9. The van der Waals surface area contributed by atoms with Crippen LogP contribution in [0.2, 0.25) is 0 Å². The monoisotopic (exact) mass is 391 g/mol. The molecule has 0 atom stereocenters. The second-order valence-corrected chi connectivity index (χ2v) is 6.90. The SMILES string of the molecule is CCN(CC)C(=O)CN1CCN(C(=O)CCc2cc(OC)ccc2OC)CC1. The van der Waals surface area contributed by atoms with E-state index in [1.807, 2.05) is 41.8 Å². The van der Waals surface area contributed by atoms with Crippen LogP contribution in [0.25, 0.3) is 0 Å². The zero-order chi connectivity index (χ0) is 20.5. The molecule has 1 aliphatic heterocycles. The molecular weight excluding hydrogens is 358 g/mol. The van der Waals surface area contributed by atoms with E-state index in [0.29, 0.717) is 32.5 Å². The fourth-order valence-electron chi connectivity index (χ4n) is 3.50. The molecule has 1 aliphatic rings. The van der Waals surface area contributed by atoms with Crippen LogP contribution in [0.1, 0.15) is 25.8 Å². The lowest BCUT2D eigenvalue weighted by atomic mass is 10.1. The van der Waals surface area contributed by atoms with Gasteiger partial charge in [0.25, 0.3) is 0 Å². The van der Waals surface area contributed by atoms with E-state index in [9.17, 15) is 9.59 Å². The lowest BCUT2D eigenvalue weighted by molar-refractivity contribution is -0.135. The van der Waals surface area contributed by atoms with Gasteiger partial charge in [-0.1, -0.05) is 0 Å². The molecule has 0 N–H and O–H groups in total. The van der Waals surface area contributed by atoms with Crippen LogP contribution in [0.3, 0.4) is 0 Å². The Morgan fingerprint density at radius 2 is 1.71 bits per heavy atom. The molecule has 0 aliphatic carbocycles. The Morgan fingerprint density at radius 3 is 2.29 bits per heavy atom. The number of rotatable bonds is 9. The third kappa shape index (κ3) is 5.86. The van der Waals surface area contributed by atoms with Gasteiger partial charge in [-0.05, 0) is 44.0 Å². The maximum Gasteiger partial charge on any atom is 0.236 e. The summed E-state index contributed by atoms with van der Waals surface area (Å²) in [5.41, 5.74) is 0.971. The highest BCUT2D eigenvalue weighted by molar-refractivity contribution is 5.78. The molecular formula is C21H33N3O4. The fraction of sp³-hybridized carbons (Fsp3) is 0.619. The fourth-order valence-corrected chi connectivity index (χ4v) is 3.50. The standard InChI is InChI=1S/C21H33N3O4/c1-5-23(6-2)21(26)16-22-11-13-24(14-12-22)20(25)10-7-17-15-18(27-3)8-9-19(17)28-4/h8-9,15H,5-7,10-14,16H2,1-4H3. The van der Waals surface area contributed by atoms with Crippen molar-refractivity contribution in [2.24, 2.45) is 0 Å². The highest BCUT2D eigenvalue weighted by Crippen LogP contribution is 2.25. The molecule has 0 bridgehead atoms. The summed E-state index contributed by atoms with van der Waals surface area (Å²) in [5, 5.41) is 0. The minimum absolute atomic E-state index is 0.139. The average Bonchev–Trinajstić information content (AvgIpc) is 2.73. The van der Waals surface area contributed by atoms with E-state index in [4.69, 9.17) is 9.47 Å². The predicted octanol–water partition coefficient (Wildman–Crippen LogP) is 1.65. The van der Waals surface area contributed by atoms with E-state index in [-0.39, 0.29) is 11.8 Å². The molecule has 0 aromatic heterocycles. The first-order chi connectivity index (χ1) is 13.5. The first kappa shape index (κ1) is 22.0. The van der Waals surface area contributed by atoms with Gasteiger partial charge in [-0.2, -0.15) is 0 Å². The number of likely N-dealkylation sites (N-methyl/N-ethyl adjacent to an activating group) is 1. The number of hydrogen-bond donors (Lipinski definition) is 0. The first-order valence-electron chi connectivity index (χ1n) is 10.0. The number of methoxy groups -OCH3 is 2. The summed E-state index contributed by atoms with van der Waals surface area (Å²) in [7, 11) is 3.26. The molecule has 156 valence electrons. The highest BCUT2D eigenvalue weighted by atomic mass is 16.5. The average molecular weight is 392 g/mol. The molecule has 7 nitrogen and oxygen atoms in total. The summed E-state index contributed by atoms with van der Waals surface area (Å²) in [6, 6.07) is 5.63. The van der Waals surface area contributed by atoms with E-state index in [0.717, 1.165) is 43.2 Å². The Kier molecular flexibility index (Phi) is 8.57. The van der Waals surface area contributed by atoms with Crippen molar-refractivity contribution in [3.63, 3.8) is 0 Å². The van der Waals surface area contributed by atoms with Gasteiger partial charge >= 0.3 is 0 Å². The lowest BCUT2D eigenvalue weighted by Gasteiger charge is -2.35. The van der Waals surface area contributed by atoms with E-state index in [1.54, 1.807) is 14.2 Å². The van der Waals surface area contributed by atoms with Crippen LogP contribution in [-0.4, -0.2) is 86.5 Å². The molecule has 7 heteroatoms. The van der Waals surface area contributed by atoms with Gasteiger partial charge in [0.2, 0.25) is 11.8 Å². The minimum Gasteiger partial charge on any atom is -0.497 e. The molecule has 1 aromatic carbocycles. The Bertz CT molecular complexity index is 653. The quantitative estimate of drug-likeness (QED) is 0.641. The van der Waals surface area contributed by atoms with E-state index in [2.05, 4.69) is 4.90 Å². The molecule has 2 rings (SSSR count). The van der Waals surface area contributed by atoms with Gasteiger partial charge in [0.1, 0.15) is 11.5 Å². The normalized spacial score (nSPS) is 14.6. The maximum atomic E-state index is 12.6. The Balaban J connectivity index is 1.82. The number of carbonyl (C=O) groups is 2. The van der Waals surface area contributed by atoms with Gasteiger partial charge in [0.05, 0.1) is 20.8 Å². The molecule has 1 heterocycles. The van der Waals surface area contributed by atoms with Gasteiger partial charge < -0.3 is 19.3 Å². The number of ether oxygens (including phenoxy) is 2. The molecule has 0 unspecified atom stereocenters. The topological polar surface area (TPSA) is 62.3 Å². The van der Waals surface area contributed by atoms with Gasteiger partial charge in [0.15, 0.2) is 0 Å². The van der Waals surface area contributed by atoms with Crippen LogP contribution in [0.4, 0.5) is 0 Å². The maximum absolute atomic E-state index is 12.6. The number of aryl methyl sites for hydroxylation is 1. The summed E-state index contributed by atoms with van der Waals surface area (Å²) in [4.78, 5) is 30.7. The van der Waals surface area contributed by atoms with Gasteiger partial charge in [-0.25, -0.2) is 0 Å². The predicted molar refractivity (Wildman–Crippen MR) is 109 cm³/mol. The van der Waals surface area contributed by atoms with Crippen LogP contribution in [-0.2, 0) is 16.0 Å². The number of nitrogens with zero attached hydrogens (tertiary/aromatic N) is 3.